The standard InChI is InChI=1S/C47H32N4O/c1-47(2)38-23-22-32(28-37(38)45(52)51-44-19-11-8-16-39(44)48-46(47)51)50-41-18-10-7-15-34(41)36-27-30(21-25-43(36)50)29-20-24-42-35(26-29)33-14-6-9-17-40(33)49(42)31-12-4-3-5-13-31/h3-28H,1-2H3. The van der Waals surface area contributed by atoms with E-state index in [1.165, 1.54) is 38.1 Å². The largest absolute Gasteiger partial charge is 0.309 e. The number of hydrogen-bond donors (Lipinski definition) is 0. The van der Waals surface area contributed by atoms with Crippen molar-refractivity contribution in [2.24, 2.45) is 0 Å². The Balaban J connectivity index is 1.08. The highest BCUT2D eigenvalue weighted by Gasteiger charge is 2.40. The molecule has 11 rings (SSSR count). The van der Waals surface area contributed by atoms with Crippen molar-refractivity contribution in [1.29, 1.82) is 0 Å². The number of hydrogen-bond acceptors (Lipinski definition) is 2. The van der Waals surface area contributed by atoms with E-state index in [4.69, 9.17) is 4.98 Å². The van der Waals surface area contributed by atoms with E-state index in [0.717, 1.165) is 50.4 Å². The molecule has 0 atom stereocenters. The fourth-order valence-corrected chi connectivity index (χ4v) is 8.72. The lowest BCUT2D eigenvalue weighted by Crippen LogP contribution is -2.35. The average molecular weight is 669 g/mol. The van der Waals surface area contributed by atoms with Crippen molar-refractivity contribution in [2.45, 2.75) is 19.3 Å². The molecule has 0 bridgehead atoms. The molecule has 1 aliphatic heterocycles. The molecule has 3 aromatic heterocycles. The van der Waals surface area contributed by atoms with Crippen molar-refractivity contribution < 1.29 is 4.79 Å². The second-order valence-corrected chi connectivity index (χ2v) is 14.4. The van der Waals surface area contributed by atoms with Crippen LogP contribution in [0.15, 0.2) is 158 Å². The van der Waals surface area contributed by atoms with Gasteiger partial charge in [0, 0.05) is 43.9 Å². The van der Waals surface area contributed by atoms with E-state index in [1.54, 1.807) is 0 Å². The normalized spacial score (nSPS) is 13.8. The fourth-order valence-electron chi connectivity index (χ4n) is 8.72. The van der Waals surface area contributed by atoms with Gasteiger partial charge >= 0.3 is 0 Å². The zero-order chi connectivity index (χ0) is 34.7. The van der Waals surface area contributed by atoms with E-state index in [9.17, 15) is 4.79 Å². The molecule has 4 heterocycles. The number of carbonyl (C=O) groups excluding carboxylic acids is 1. The molecule has 0 amide bonds. The topological polar surface area (TPSA) is 44.8 Å². The minimum atomic E-state index is -0.439. The number of nitrogens with zero attached hydrogens (tertiary/aromatic N) is 4. The second kappa shape index (κ2) is 10.4. The summed E-state index contributed by atoms with van der Waals surface area (Å²) in [6, 6.07) is 55.7. The lowest BCUT2D eigenvalue weighted by molar-refractivity contribution is 0.0948. The zero-order valence-electron chi connectivity index (χ0n) is 28.7. The van der Waals surface area contributed by atoms with Gasteiger partial charge in [0.2, 0.25) is 0 Å². The van der Waals surface area contributed by atoms with Gasteiger partial charge in [0.25, 0.3) is 5.91 Å². The van der Waals surface area contributed by atoms with Crippen LogP contribution in [0.1, 0.15) is 35.6 Å². The minimum Gasteiger partial charge on any atom is -0.309 e. The van der Waals surface area contributed by atoms with Crippen LogP contribution in [-0.4, -0.2) is 24.6 Å². The Hall–Kier alpha value is -6.72. The third kappa shape index (κ3) is 3.88. The van der Waals surface area contributed by atoms with E-state index < -0.39 is 5.41 Å². The Morgan fingerprint density at radius 3 is 1.65 bits per heavy atom. The Bertz CT molecular complexity index is 3120. The highest BCUT2D eigenvalue weighted by atomic mass is 16.2. The van der Waals surface area contributed by atoms with Gasteiger partial charge in [0.15, 0.2) is 0 Å². The van der Waals surface area contributed by atoms with Gasteiger partial charge in [-0.2, -0.15) is 0 Å². The molecule has 0 N–H and O–H groups in total. The highest BCUT2D eigenvalue weighted by Crippen LogP contribution is 2.42. The quantitative estimate of drug-likeness (QED) is 0.188. The van der Waals surface area contributed by atoms with Crippen LogP contribution >= 0.6 is 0 Å². The molecular formula is C47H32N4O. The highest BCUT2D eigenvalue weighted by molar-refractivity contribution is 6.13. The third-order valence-electron chi connectivity index (χ3n) is 11.2. The Kier molecular flexibility index (Phi) is 5.81. The molecular weight excluding hydrogens is 637 g/mol. The molecule has 5 heteroatoms. The summed E-state index contributed by atoms with van der Waals surface area (Å²) in [5.41, 5.74) is 12.0. The maximum atomic E-state index is 14.3. The van der Waals surface area contributed by atoms with Gasteiger partial charge in [0.05, 0.1) is 33.1 Å². The van der Waals surface area contributed by atoms with Crippen LogP contribution < -0.4 is 0 Å². The first kappa shape index (κ1) is 29.1. The summed E-state index contributed by atoms with van der Waals surface area (Å²) in [6.07, 6.45) is 0. The summed E-state index contributed by atoms with van der Waals surface area (Å²) >= 11 is 0. The van der Waals surface area contributed by atoms with E-state index in [1.807, 2.05) is 28.8 Å². The van der Waals surface area contributed by atoms with Gasteiger partial charge in [-0.05, 0) is 103 Å². The van der Waals surface area contributed by atoms with E-state index >= 15 is 0 Å². The van der Waals surface area contributed by atoms with Gasteiger partial charge in [-0.1, -0.05) is 84.9 Å². The monoisotopic (exact) mass is 668 g/mol. The molecule has 5 nitrogen and oxygen atoms in total. The average Bonchev–Trinajstić information content (AvgIpc) is 3.85. The van der Waals surface area contributed by atoms with Crippen LogP contribution in [0.2, 0.25) is 0 Å². The first-order valence-corrected chi connectivity index (χ1v) is 17.8. The van der Waals surface area contributed by atoms with Gasteiger partial charge in [0.1, 0.15) is 5.82 Å². The van der Waals surface area contributed by atoms with Crippen molar-refractivity contribution in [3.63, 3.8) is 0 Å². The number of imidazole rings is 1. The number of carbonyl (C=O) groups is 1. The molecule has 7 aromatic carbocycles. The lowest BCUT2D eigenvalue weighted by Gasteiger charge is -2.32. The van der Waals surface area contributed by atoms with Gasteiger partial charge in [-0.3, -0.25) is 9.36 Å². The first-order chi connectivity index (χ1) is 25.5. The number of benzene rings is 7. The Labute approximate surface area is 299 Å². The van der Waals surface area contributed by atoms with Crippen molar-refractivity contribution in [2.75, 3.05) is 0 Å². The molecule has 0 aliphatic carbocycles. The Morgan fingerprint density at radius 1 is 0.462 bits per heavy atom. The molecule has 0 spiro atoms. The molecule has 10 aromatic rings. The zero-order valence-corrected chi connectivity index (χ0v) is 28.7. The number of fused-ring (bicyclic) bond motifs is 10. The van der Waals surface area contributed by atoms with E-state index in [-0.39, 0.29) is 5.91 Å². The van der Waals surface area contributed by atoms with Crippen molar-refractivity contribution in [3.05, 3.63) is 175 Å². The molecule has 246 valence electrons. The smallest absolute Gasteiger partial charge is 0.264 e. The summed E-state index contributed by atoms with van der Waals surface area (Å²) in [5.74, 6) is 0.748. The predicted octanol–water partition coefficient (Wildman–Crippen LogP) is 11.2. The van der Waals surface area contributed by atoms with Crippen LogP contribution in [0, 0.1) is 0 Å². The van der Waals surface area contributed by atoms with Crippen LogP contribution in [-0.2, 0) is 5.41 Å². The molecule has 0 saturated carbocycles. The summed E-state index contributed by atoms with van der Waals surface area (Å²) in [5, 5.41) is 4.82. The summed E-state index contributed by atoms with van der Waals surface area (Å²) in [7, 11) is 0. The third-order valence-corrected chi connectivity index (χ3v) is 11.2. The Morgan fingerprint density at radius 2 is 1.00 bits per heavy atom. The SMILES string of the molecule is CC1(C)c2ccc(-n3c4ccccc4c4cc(-c5ccc6c(c5)c5ccccc5n6-c5ccccc5)ccc43)cc2C(=O)n2c1nc1ccccc12. The predicted molar refractivity (Wildman–Crippen MR) is 212 cm³/mol. The molecule has 0 saturated heterocycles. The minimum absolute atomic E-state index is 0.0352. The molecule has 1 aliphatic rings. The van der Waals surface area contributed by atoms with Crippen molar-refractivity contribution >= 4 is 60.6 Å². The van der Waals surface area contributed by atoms with Gasteiger partial charge < -0.3 is 9.13 Å². The number of rotatable bonds is 3. The fraction of sp³-hybridized carbons (Fsp3) is 0.0638. The summed E-state index contributed by atoms with van der Waals surface area (Å²) < 4.78 is 6.46. The van der Waals surface area contributed by atoms with Crippen LogP contribution in [0.5, 0.6) is 0 Å². The van der Waals surface area contributed by atoms with Crippen LogP contribution in [0.4, 0.5) is 0 Å². The van der Waals surface area contributed by atoms with Crippen LogP contribution in [0.3, 0.4) is 0 Å². The summed E-state index contributed by atoms with van der Waals surface area (Å²) in [6.45, 7) is 4.32. The van der Waals surface area contributed by atoms with Crippen LogP contribution in [0.25, 0.3) is 77.1 Å². The summed E-state index contributed by atoms with van der Waals surface area (Å²) in [4.78, 5) is 19.2. The van der Waals surface area contributed by atoms with E-state index in [2.05, 4.69) is 156 Å². The number of para-hydroxylation sites is 5. The maximum Gasteiger partial charge on any atom is 0.264 e. The lowest BCUT2D eigenvalue weighted by atomic mass is 9.78. The second-order valence-electron chi connectivity index (χ2n) is 14.4. The van der Waals surface area contributed by atoms with Crippen molar-refractivity contribution in [3.8, 4) is 22.5 Å². The van der Waals surface area contributed by atoms with Gasteiger partial charge in [-0.25, -0.2) is 4.98 Å². The molecule has 0 radical (unpaired) electrons. The number of aromatic nitrogens is 4. The maximum absolute atomic E-state index is 14.3. The van der Waals surface area contributed by atoms with Crippen molar-refractivity contribution in [1.82, 2.24) is 18.7 Å². The molecule has 52 heavy (non-hydrogen) atoms. The van der Waals surface area contributed by atoms with E-state index in [0.29, 0.717) is 5.56 Å². The molecule has 0 unspecified atom stereocenters. The first-order valence-electron chi connectivity index (χ1n) is 17.8. The molecule has 0 fully saturated rings. The van der Waals surface area contributed by atoms with Gasteiger partial charge in [-0.15, -0.1) is 0 Å².